The highest BCUT2D eigenvalue weighted by Crippen LogP contribution is 2.49. The fourth-order valence-electron chi connectivity index (χ4n) is 9.16. The zero-order valence-electron chi connectivity index (χ0n) is 45.4. The molecular formula is C58H116NO7P. The molecule has 0 spiro atoms. The van der Waals surface area contributed by atoms with Crippen molar-refractivity contribution in [3.05, 3.63) is 24.3 Å². The monoisotopic (exact) mass is 970 g/mol. The van der Waals surface area contributed by atoms with Crippen LogP contribution in [0.5, 0.6) is 0 Å². The second-order valence-electron chi connectivity index (χ2n) is 20.9. The van der Waals surface area contributed by atoms with Crippen LogP contribution in [0.1, 0.15) is 284 Å². The topological polar surface area (TPSA) is 108 Å². The van der Waals surface area contributed by atoms with Gasteiger partial charge in [0, 0.05) is 26.1 Å². The number of hydrogen-bond donors (Lipinski definition) is 2. The van der Waals surface area contributed by atoms with E-state index >= 15 is 0 Å². The molecule has 0 rings (SSSR count). The van der Waals surface area contributed by atoms with Gasteiger partial charge in [0.15, 0.2) is 19.7 Å². The van der Waals surface area contributed by atoms with Crippen molar-refractivity contribution in [3.63, 3.8) is 0 Å². The van der Waals surface area contributed by atoms with Gasteiger partial charge in [0.05, 0.1) is 33.9 Å². The number of quaternary nitrogens is 1. The summed E-state index contributed by atoms with van der Waals surface area (Å²) in [5.41, 5.74) is 0. The van der Waals surface area contributed by atoms with Crippen molar-refractivity contribution < 1.29 is 38.2 Å². The normalized spacial score (nSPS) is 14.3. The number of aliphatic hydroxyl groups is 2. The third-order valence-corrected chi connectivity index (χ3v) is 15.9. The zero-order valence-corrected chi connectivity index (χ0v) is 46.3. The van der Waals surface area contributed by atoms with E-state index in [1.807, 2.05) is 14.1 Å². The van der Waals surface area contributed by atoms with Gasteiger partial charge >= 0.3 is 0 Å². The maximum Gasteiger partial charge on any atom is 0.193 e. The summed E-state index contributed by atoms with van der Waals surface area (Å²) in [6.07, 6.45) is 57.7. The minimum absolute atomic E-state index is 0.0564. The number of unbranched alkanes of at least 4 members (excludes halogenated alkanes) is 34. The molecule has 0 saturated heterocycles. The summed E-state index contributed by atoms with van der Waals surface area (Å²) in [6, 6.07) is 0. The predicted molar refractivity (Wildman–Crippen MR) is 288 cm³/mol. The van der Waals surface area contributed by atoms with Crippen molar-refractivity contribution in [2.45, 2.75) is 302 Å². The molecule has 2 unspecified atom stereocenters. The summed E-state index contributed by atoms with van der Waals surface area (Å²) in [5.74, 6) is -0.771. The van der Waals surface area contributed by atoms with Crippen LogP contribution in [0.3, 0.4) is 0 Å². The molecule has 0 heterocycles. The quantitative estimate of drug-likeness (QED) is 0.0205. The highest BCUT2D eigenvalue weighted by molar-refractivity contribution is 7.51. The van der Waals surface area contributed by atoms with Gasteiger partial charge in [-0.3, -0.25) is 0 Å². The van der Waals surface area contributed by atoms with E-state index in [0.29, 0.717) is 32.8 Å². The first-order chi connectivity index (χ1) is 32.6. The van der Waals surface area contributed by atoms with Gasteiger partial charge in [-0.1, -0.05) is 225 Å². The zero-order chi connectivity index (χ0) is 49.2. The summed E-state index contributed by atoms with van der Waals surface area (Å²) in [6.45, 7) is 8.46. The summed E-state index contributed by atoms with van der Waals surface area (Å²) >= 11 is 0. The van der Waals surface area contributed by atoms with Crippen molar-refractivity contribution >= 4 is 7.60 Å². The van der Waals surface area contributed by atoms with Crippen LogP contribution in [-0.2, 0) is 18.6 Å². The van der Waals surface area contributed by atoms with E-state index in [-0.39, 0.29) is 17.5 Å². The lowest BCUT2D eigenvalue weighted by atomic mass is 10.1. The molecule has 0 aliphatic rings. The molecule has 400 valence electrons. The third kappa shape index (κ3) is 46.3. The molecular weight excluding hydrogens is 854 g/mol. The van der Waals surface area contributed by atoms with Crippen LogP contribution >= 0.6 is 7.60 Å². The van der Waals surface area contributed by atoms with Crippen LogP contribution in [0.2, 0.25) is 0 Å². The van der Waals surface area contributed by atoms with Crippen LogP contribution in [0.4, 0.5) is 0 Å². The Morgan fingerprint density at radius 3 is 1.19 bits per heavy atom. The lowest BCUT2D eigenvalue weighted by Gasteiger charge is -2.44. The summed E-state index contributed by atoms with van der Waals surface area (Å²) in [4.78, 5) is 13.8. The van der Waals surface area contributed by atoms with E-state index in [2.05, 4.69) is 45.1 Å². The van der Waals surface area contributed by atoms with Crippen molar-refractivity contribution in [2.24, 2.45) is 0 Å². The van der Waals surface area contributed by atoms with Gasteiger partial charge in [0.2, 0.25) is 0 Å². The average Bonchev–Trinajstić information content (AvgIpc) is 3.30. The van der Waals surface area contributed by atoms with Crippen molar-refractivity contribution in [2.75, 3.05) is 47.1 Å². The van der Waals surface area contributed by atoms with Crippen LogP contribution in [0.25, 0.3) is 0 Å². The van der Waals surface area contributed by atoms with Crippen LogP contribution in [-0.4, -0.2) is 79.9 Å². The Kier molecular flexibility index (Phi) is 49.9. The average molecular weight is 971 g/mol. The minimum atomic E-state index is -4.32. The van der Waals surface area contributed by atoms with Gasteiger partial charge in [0.25, 0.3) is 0 Å². The van der Waals surface area contributed by atoms with Crippen LogP contribution in [0.15, 0.2) is 24.3 Å². The van der Waals surface area contributed by atoms with Crippen molar-refractivity contribution in [1.29, 1.82) is 0 Å². The van der Waals surface area contributed by atoms with E-state index in [1.54, 1.807) is 0 Å². The molecule has 8 nitrogen and oxygen atoms in total. The highest BCUT2D eigenvalue weighted by atomic mass is 31.2. The first kappa shape index (κ1) is 66.4. The van der Waals surface area contributed by atoms with E-state index in [4.69, 9.17) is 14.0 Å². The SMILES string of the molecule is CCCCCCCC/C=C\CCCCCCCCCCCCOC[C@H](COP(=O)([O-])C(CCCCC)[N+](C)(C)CCC(O)O)OCCCCCCCCCCCC/C=C\CCCCCCCC. The molecule has 0 fully saturated rings. The van der Waals surface area contributed by atoms with Gasteiger partial charge in [0.1, 0.15) is 6.10 Å². The Balaban J connectivity index is 4.53. The smallest absolute Gasteiger partial charge is 0.193 e. The lowest BCUT2D eigenvalue weighted by molar-refractivity contribution is -0.905. The molecule has 0 amide bonds. The Bertz CT molecular complexity index is 1100. The predicted octanol–water partition coefficient (Wildman–Crippen LogP) is 16.8. The number of rotatable bonds is 55. The van der Waals surface area contributed by atoms with Gasteiger partial charge in [-0.25, -0.2) is 0 Å². The standard InChI is InChI=1S/C58H116NO7P/c1-6-9-12-14-16-18-20-22-24-26-28-30-32-34-36-38-40-42-44-47-52-64-54-56(55-66-67(62,63)57(49-46-11-8-3)59(4,5)51-50-58(60)61)65-53-48-45-43-41-39-37-35-33-31-29-27-25-23-21-19-17-15-13-10-7-2/h22-25,56-58,60-61H,6-21,26-55H2,1-5H3/b24-22-,25-23-/t56-,57?/m1/s1. The molecule has 67 heavy (non-hydrogen) atoms. The number of nitrogens with zero attached hydrogens (tertiary/aromatic N) is 1. The van der Waals surface area contributed by atoms with E-state index in [9.17, 15) is 19.7 Å². The Morgan fingerprint density at radius 1 is 0.463 bits per heavy atom. The largest absolute Gasteiger partial charge is 0.774 e. The maximum atomic E-state index is 13.8. The molecule has 0 aromatic rings. The molecule has 2 N–H and O–H groups in total. The Morgan fingerprint density at radius 2 is 0.806 bits per heavy atom. The summed E-state index contributed by atoms with van der Waals surface area (Å²) in [5, 5.41) is 19.1. The molecule has 0 aliphatic carbocycles. The van der Waals surface area contributed by atoms with Gasteiger partial charge < -0.3 is 38.2 Å². The van der Waals surface area contributed by atoms with Crippen molar-refractivity contribution in [1.82, 2.24) is 0 Å². The molecule has 3 atom stereocenters. The second-order valence-corrected chi connectivity index (χ2v) is 22.8. The second kappa shape index (κ2) is 50.4. The molecule has 0 aliphatic heterocycles. The number of allylic oxidation sites excluding steroid dienone is 4. The molecule has 0 bridgehead atoms. The molecule has 0 aromatic heterocycles. The molecule has 9 heteroatoms. The Hall–Kier alpha value is -0.570. The third-order valence-electron chi connectivity index (χ3n) is 13.8. The number of hydrogen-bond acceptors (Lipinski definition) is 7. The molecule has 0 saturated carbocycles. The fourth-order valence-corrected chi connectivity index (χ4v) is 11.1. The van der Waals surface area contributed by atoms with Gasteiger partial charge in [-0.2, -0.15) is 0 Å². The minimum Gasteiger partial charge on any atom is -0.774 e. The molecule has 0 aromatic carbocycles. The highest BCUT2D eigenvalue weighted by Gasteiger charge is 2.38. The first-order valence-corrected chi connectivity index (χ1v) is 30.8. The fraction of sp³-hybridized carbons (Fsp3) is 0.931. The lowest BCUT2D eigenvalue weighted by Crippen LogP contribution is -2.52. The van der Waals surface area contributed by atoms with Gasteiger partial charge in [-0.15, -0.1) is 0 Å². The van der Waals surface area contributed by atoms with E-state index < -0.39 is 25.8 Å². The molecule has 0 radical (unpaired) electrons. The van der Waals surface area contributed by atoms with Crippen LogP contribution < -0.4 is 4.89 Å². The number of ether oxygens (including phenoxy) is 2. The maximum absolute atomic E-state index is 13.8. The first-order valence-electron chi connectivity index (χ1n) is 29.2. The van der Waals surface area contributed by atoms with Gasteiger partial charge in [-0.05, 0) is 70.6 Å². The summed E-state index contributed by atoms with van der Waals surface area (Å²) < 4.78 is 32.1. The summed E-state index contributed by atoms with van der Waals surface area (Å²) in [7, 11) is -0.629. The number of aliphatic hydroxyl groups excluding tert-OH is 1. The van der Waals surface area contributed by atoms with Crippen LogP contribution in [0, 0.1) is 0 Å². The Labute approximate surface area is 417 Å². The van der Waals surface area contributed by atoms with E-state index in [0.717, 1.165) is 44.9 Å². The van der Waals surface area contributed by atoms with E-state index in [1.165, 1.54) is 205 Å². The van der Waals surface area contributed by atoms with Crippen molar-refractivity contribution in [3.8, 4) is 0 Å².